The van der Waals surface area contributed by atoms with Gasteiger partial charge in [0.05, 0.1) is 25.5 Å². The van der Waals surface area contributed by atoms with Gasteiger partial charge in [0.2, 0.25) is 0 Å². The molecule has 0 unspecified atom stereocenters. The van der Waals surface area contributed by atoms with Crippen molar-refractivity contribution in [2.45, 2.75) is 38.7 Å². The molecule has 5 nitrogen and oxygen atoms in total. The molecule has 0 bridgehead atoms. The van der Waals surface area contributed by atoms with Gasteiger partial charge in [-0.05, 0) is 13.8 Å². The first-order valence-electron chi connectivity index (χ1n) is 7.38. The SMILES string of the molecule is CC(C)N1CCN2c3ncc(C(F)(F)F)nc3COC[C@H]2C1. The molecule has 3 heterocycles. The van der Waals surface area contributed by atoms with Crippen LogP contribution in [0, 0.1) is 0 Å². The first-order valence-corrected chi connectivity index (χ1v) is 7.38. The summed E-state index contributed by atoms with van der Waals surface area (Å²) < 4.78 is 43.9. The number of nitrogens with zero attached hydrogens (tertiary/aromatic N) is 4. The van der Waals surface area contributed by atoms with Gasteiger partial charge in [0.15, 0.2) is 11.5 Å². The summed E-state index contributed by atoms with van der Waals surface area (Å²) in [5.74, 6) is 0.527. The third-order valence-electron chi connectivity index (χ3n) is 4.18. The largest absolute Gasteiger partial charge is 0.434 e. The number of piperazine rings is 1. The fraction of sp³-hybridized carbons (Fsp3) is 0.714. The normalized spacial score (nSPS) is 23.2. The fourth-order valence-corrected chi connectivity index (χ4v) is 2.96. The van der Waals surface area contributed by atoms with E-state index in [1.54, 1.807) is 0 Å². The lowest BCUT2D eigenvalue weighted by atomic mass is 10.1. The lowest BCUT2D eigenvalue weighted by molar-refractivity contribution is -0.141. The molecule has 0 radical (unpaired) electrons. The predicted octanol–water partition coefficient (Wildman–Crippen LogP) is 1.92. The molecule has 0 amide bonds. The Kier molecular flexibility index (Phi) is 3.98. The average Bonchev–Trinajstić information content (AvgIpc) is 2.64. The van der Waals surface area contributed by atoms with Crippen LogP contribution < -0.4 is 4.90 Å². The molecular weight excluding hydrogens is 297 g/mol. The van der Waals surface area contributed by atoms with Crippen LogP contribution in [0.2, 0.25) is 0 Å². The molecule has 2 aliphatic rings. The van der Waals surface area contributed by atoms with Gasteiger partial charge < -0.3 is 9.64 Å². The second-order valence-electron chi connectivity index (χ2n) is 5.97. The van der Waals surface area contributed by atoms with Crippen LogP contribution in [0.25, 0.3) is 0 Å². The summed E-state index contributed by atoms with van der Waals surface area (Å²) in [7, 11) is 0. The molecule has 22 heavy (non-hydrogen) atoms. The van der Waals surface area contributed by atoms with Crippen LogP contribution in [0.15, 0.2) is 6.20 Å². The summed E-state index contributed by atoms with van der Waals surface area (Å²) in [5.41, 5.74) is -0.690. The van der Waals surface area contributed by atoms with E-state index in [-0.39, 0.29) is 18.3 Å². The van der Waals surface area contributed by atoms with Crippen molar-refractivity contribution in [3.05, 3.63) is 17.6 Å². The highest BCUT2D eigenvalue weighted by Gasteiger charge is 2.37. The first-order chi connectivity index (χ1) is 10.4. The van der Waals surface area contributed by atoms with E-state index in [0.29, 0.717) is 18.5 Å². The number of alkyl halides is 3. The number of ether oxygens (including phenoxy) is 1. The highest BCUT2D eigenvalue weighted by atomic mass is 19.4. The Balaban J connectivity index is 1.89. The number of hydrogen-bond acceptors (Lipinski definition) is 5. The molecule has 1 saturated heterocycles. The number of rotatable bonds is 1. The van der Waals surface area contributed by atoms with Crippen molar-refractivity contribution in [1.29, 1.82) is 0 Å². The maximum atomic E-state index is 12.8. The van der Waals surface area contributed by atoms with E-state index in [1.807, 2.05) is 4.90 Å². The Labute approximate surface area is 127 Å². The molecule has 1 aromatic rings. The lowest BCUT2D eigenvalue weighted by Gasteiger charge is -2.42. The van der Waals surface area contributed by atoms with Crippen molar-refractivity contribution >= 4 is 5.82 Å². The molecule has 1 fully saturated rings. The van der Waals surface area contributed by atoms with E-state index in [2.05, 4.69) is 28.7 Å². The zero-order chi connectivity index (χ0) is 15.9. The number of anilines is 1. The Morgan fingerprint density at radius 2 is 2.09 bits per heavy atom. The average molecular weight is 316 g/mol. The third kappa shape index (κ3) is 2.89. The second kappa shape index (κ2) is 5.66. The summed E-state index contributed by atoms with van der Waals surface area (Å²) in [5, 5.41) is 0. The summed E-state index contributed by atoms with van der Waals surface area (Å²) in [6.07, 6.45) is -3.67. The van der Waals surface area contributed by atoms with Gasteiger partial charge in [-0.3, -0.25) is 4.90 Å². The Morgan fingerprint density at radius 1 is 1.32 bits per heavy atom. The van der Waals surface area contributed by atoms with E-state index in [1.165, 1.54) is 0 Å². The molecule has 0 saturated carbocycles. The first kappa shape index (κ1) is 15.5. The molecule has 0 aromatic carbocycles. The van der Waals surface area contributed by atoms with Crippen LogP contribution >= 0.6 is 0 Å². The molecule has 0 spiro atoms. The molecule has 1 atom stereocenters. The maximum absolute atomic E-state index is 12.8. The highest BCUT2D eigenvalue weighted by Crippen LogP contribution is 2.31. The Bertz CT molecular complexity index is 549. The summed E-state index contributed by atoms with van der Waals surface area (Å²) >= 11 is 0. The minimum Gasteiger partial charge on any atom is -0.373 e. The Morgan fingerprint density at radius 3 is 2.77 bits per heavy atom. The minimum atomic E-state index is -4.48. The van der Waals surface area contributed by atoms with Gasteiger partial charge in [-0.1, -0.05) is 0 Å². The molecule has 1 aromatic heterocycles. The minimum absolute atomic E-state index is 0.0704. The zero-order valence-corrected chi connectivity index (χ0v) is 12.6. The van der Waals surface area contributed by atoms with Crippen molar-refractivity contribution in [2.75, 3.05) is 31.1 Å². The molecule has 122 valence electrons. The topological polar surface area (TPSA) is 41.5 Å². The summed E-state index contributed by atoms with van der Waals surface area (Å²) in [6, 6.07) is 0.534. The van der Waals surface area contributed by atoms with E-state index >= 15 is 0 Å². The van der Waals surface area contributed by atoms with Gasteiger partial charge in [0, 0.05) is 25.7 Å². The molecule has 3 rings (SSSR count). The van der Waals surface area contributed by atoms with Gasteiger partial charge in [-0.2, -0.15) is 13.2 Å². The lowest BCUT2D eigenvalue weighted by Crippen LogP contribution is -2.56. The second-order valence-corrected chi connectivity index (χ2v) is 5.97. The van der Waals surface area contributed by atoms with E-state index in [9.17, 15) is 13.2 Å². The van der Waals surface area contributed by atoms with Crippen LogP contribution in [-0.4, -0.2) is 53.2 Å². The standard InChI is InChI=1S/C14H19F3N4O/c1-9(2)20-3-4-21-10(6-20)7-22-8-11-13(21)18-5-12(19-11)14(15,16)17/h5,9-10H,3-4,6-8H2,1-2H3/t10-/m1/s1. The van der Waals surface area contributed by atoms with Crippen LogP contribution in [0.1, 0.15) is 25.2 Å². The molecule has 2 aliphatic heterocycles. The van der Waals surface area contributed by atoms with Crippen LogP contribution in [0.3, 0.4) is 0 Å². The number of hydrogen-bond donors (Lipinski definition) is 0. The van der Waals surface area contributed by atoms with Gasteiger partial charge >= 0.3 is 6.18 Å². The van der Waals surface area contributed by atoms with E-state index < -0.39 is 11.9 Å². The molecular formula is C14H19F3N4O. The van der Waals surface area contributed by atoms with Crippen molar-refractivity contribution < 1.29 is 17.9 Å². The van der Waals surface area contributed by atoms with Crippen LogP contribution in [0.5, 0.6) is 0 Å². The van der Waals surface area contributed by atoms with Crippen LogP contribution in [-0.2, 0) is 17.5 Å². The van der Waals surface area contributed by atoms with Gasteiger partial charge in [0.1, 0.15) is 5.69 Å². The van der Waals surface area contributed by atoms with Crippen molar-refractivity contribution in [3.63, 3.8) is 0 Å². The third-order valence-corrected chi connectivity index (χ3v) is 4.18. The monoisotopic (exact) mass is 316 g/mol. The predicted molar refractivity (Wildman–Crippen MR) is 74.5 cm³/mol. The fourth-order valence-electron chi connectivity index (χ4n) is 2.96. The quantitative estimate of drug-likeness (QED) is 0.792. The van der Waals surface area contributed by atoms with Crippen molar-refractivity contribution in [3.8, 4) is 0 Å². The summed E-state index contributed by atoms with van der Waals surface area (Å²) in [6.45, 7) is 7.21. The highest BCUT2D eigenvalue weighted by molar-refractivity contribution is 5.46. The van der Waals surface area contributed by atoms with Gasteiger partial charge in [0.25, 0.3) is 0 Å². The zero-order valence-electron chi connectivity index (χ0n) is 12.6. The van der Waals surface area contributed by atoms with Crippen molar-refractivity contribution in [2.24, 2.45) is 0 Å². The molecule has 0 N–H and O–H groups in total. The van der Waals surface area contributed by atoms with E-state index in [0.717, 1.165) is 25.8 Å². The number of aromatic nitrogens is 2. The summed E-state index contributed by atoms with van der Waals surface area (Å²) in [4.78, 5) is 12.1. The smallest absolute Gasteiger partial charge is 0.373 e. The molecule has 0 aliphatic carbocycles. The Hall–Kier alpha value is -1.41. The van der Waals surface area contributed by atoms with E-state index in [4.69, 9.17) is 4.74 Å². The van der Waals surface area contributed by atoms with Gasteiger partial charge in [-0.15, -0.1) is 0 Å². The molecule has 8 heteroatoms. The van der Waals surface area contributed by atoms with Crippen LogP contribution in [0.4, 0.5) is 19.0 Å². The number of fused-ring (bicyclic) bond motifs is 3. The number of halogens is 3. The maximum Gasteiger partial charge on any atom is 0.434 e. The van der Waals surface area contributed by atoms with Crippen molar-refractivity contribution in [1.82, 2.24) is 14.9 Å². The van der Waals surface area contributed by atoms with Gasteiger partial charge in [-0.25, -0.2) is 9.97 Å².